The Morgan fingerprint density at radius 2 is 1.97 bits per heavy atom. The van der Waals surface area contributed by atoms with Gasteiger partial charge in [0.15, 0.2) is 0 Å². The Morgan fingerprint density at radius 3 is 2.52 bits per heavy atom. The normalized spacial score (nSPS) is 14.1. The largest absolute Gasteiger partial charge is 0.469 e. The predicted octanol–water partition coefficient (Wildman–Crippen LogP) is 4.79. The maximum absolute atomic E-state index is 12.6. The molecule has 2 aromatic rings. The third-order valence-corrected chi connectivity index (χ3v) is 5.03. The zero-order valence-electron chi connectivity index (χ0n) is 16.5. The molecule has 2 heterocycles. The van der Waals surface area contributed by atoms with Crippen molar-refractivity contribution >= 4 is 34.9 Å². The molecule has 164 valence electrons. The number of amides is 2. The molecule has 0 aliphatic carbocycles. The van der Waals surface area contributed by atoms with E-state index in [0.717, 1.165) is 17.7 Å². The first kappa shape index (κ1) is 22.6. The number of nitrogens with zero attached hydrogens (tertiary/aromatic N) is 2. The highest BCUT2D eigenvalue weighted by Gasteiger charge is 2.30. The van der Waals surface area contributed by atoms with Crippen molar-refractivity contribution in [2.75, 3.05) is 25.5 Å². The lowest BCUT2D eigenvalue weighted by atomic mass is 10.0. The Morgan fingerprint density at radius 1 is 1.26 bits per heavy atom. The minimum absolute atomic E-state index is 0.0699. The number of hydrogen-bond acceptors (Lipinski definition) is 4. The van der Waals surface area contributed by atoms with Crippen LogP contribution >= 0.6 is 11.6 Å². The fourth-order valence-electron chi connectivity index (χ4n) is 3.06. The number of anilines is 1. The second-order valence-corrected chi connectivity index (χ2v) is 7.26. The number of methoxy groups -OCH3 is 1. The average Bonchev–Trinajstić information content (AvgIpc) is 2.73. The van der Waals surface area contributed by atoms with Gasteiger partial charge in [0.2, 0.25) is 0 Å². The van der Waals surface area contributed by atoms with Crippen molar-refractivity contribution in [3.8, 4) is 0 Å². The van der Waals surface area contributed by atoms with Crippen LogP contribution in [0.4, 0.5) is 23.7 Å². The molecule has 0 saturated carbocycles. The third-order valence-electron chi connectivity index (χ3n) is 4.74. The van der Waals surface area contributed by atoms with E-state index in [1.807, 2.05) is 6.08 Å². The number of halogens is 4. The summed E-state index contributed by atoms with van der Waals surface area (Å²) in [5, 5.41) is 2.99. The molecule has 2 amide bonds. The summed E-state index contributed by atoms with van der Waals surface area (Å²) in [5.41, 5.74) is 1.58. The summed E-state index contributed by atoms with van der Waals surface area (Å²) < 4.78 is 42.5. The number of aromatic nitrogens is 1. The van der Waals surface area contributed by atoms with Crippen molar-refractivity contribution < 1.29 is 27.5 Å². The zero-order valence-corrected chi connectivity index (χ0v) is 17.3. The SMILES string of the molecule is COC(=O)Cc1cnc(C2=CCN(C(=O)Nc3ccc(C(F)(F)F)cc3)CC2)c(Cl)c1. The monoisotopic (exact) mass is 453 g/mol. The summed E-state index contributed by atoms with van der Waals surface area (Å²) in [6, 6.07) is 5.51. The molecule has 1 aliphatic heterocycles. The van der Waals surface area contributed by atoms with Crippen LogP contribution in [0.3, 0.4) is 0 Å². The molecule has 0 radical (unpaired) electrons. The second kappa shape index (κ2) is 9.38. The van der Waals surface area contributed by atoms with Crippen LogP contribution in [-0.2, 0) is 22.1 Å². The number of esters is 1. The Hall–Kier alpha value is -3.07. The Balaban J connectivity index is 1.62. The number of hydrogen-bond donors (Lipinski definition) is 1. The summed E-state index contributed by atoms with van der Waals surface area (Å²) >= 11 is 6.31. The fraction of sp³-hybridized carbons (Fsp3) is 0.286. The maximum atomic E-state index is 12.6. The van der Waals surface area contributed by atoms with E-state index in [1.54, 1.807) is 12.3 Å². The van der Waals surface area contributed by atoms with E-state index < -0.39 is 23.7 Å². The molecular weight excluding hydrogens is 435 g/mol. The topological polar surface area (TPSA) is 71.5 Å². The molecule has 0 unspecified atom stereocenters. The van der Waals surface area contributed by atoms with Crippen LogP contribution in [0.2, 0.25) is 5.02 Å². The second-order valence-electron chi connectivity index (χ2n) is 6.86. The molecule has 0 bridgehead atoms. The fourth-order valence-corrected chi connectivity index (χ4v) is 3.37. The molecule has 1 aromatic carbocycles. The van der Waals surface area contributed by atoms with E-state index in [0.29, 0.717) is 35.8 Å². The van der Waals surface area contributed by atoms with Gasteiger partial charge in [-0.2, -0.15) is 13.2 Å². The van der Waals surface area contributed by atoms with Gasteiger partial charge < -0.3 is 15.0 Å². The van der Waals surface area contributed by atoms with Crippen LogP contribution < -0.4 is 5.32 Å². The Kier molecular flexibility index (Phi) is 6.84. The van der Waals surface area contributed by atoms with Gasteiger partial charge >= 0.3 is 18.2 Å². The van der Waals surface area contributed by atoms with E-state index in [9.17, 15) is 22.8 Å². The maximum Gasteiger partial charge on any atom is 0.416 e. The van der Waals surface area contributed by atoms with E-state index in [2.05, 4.69) is 15.0 Å². The highest BCUT2D eigenvalue weighted by molar-refractivity contribution is 6.32. The smallest absolute Gasteiger partial charge is 0.416 e. The standard InChI is InChI=1S/C21H19ClF3N3O3/c1-31-18(29)11-13-10-17(22)19(26-12-13)14-6-8-28(9-7-14)20(30)27-16-4-2-15(3-5-16)21(23,24)25/h2-6,10,12H,7-9,11H2,1H3,(H,27,30). The number of benzene rings is 1. The highest BCUT2D eigenvalue weighted by atomic mass is 35.5. The summed E-state index contributed by atoms with van der Waals surface area (Å²) in [5.74, 6) is -0.391. The van der Waals surface area contributed by atoms with E-state index in [-0.39, 0.29) is 12.1 Å². The Labute approximate surface area is 181 Å². The first-order chi connectivity index (χ1) is 14.7. The van der Waals surface area contributed by atoms with Crippen LogP contribution in [0.15, 0.2) is 42.6 Å². The molecular formula is C21H19ClF3N3O3. The van der Waals surface area contributed by atoms with Gasteiger partial charge in [-0.05, 0) is 47.9 Å². The first-order valence-corrected chi connectivity index (χ1v) is 9.69. The minimum Gasteiger partial charge on any atom is -0.469 e. The summed E-state index contributed by atoms with van der Waals surface area (Å²) in [4.78, 5) is 29.7. The summed E-state index contributed by atoms with van der Waals surface area (Å²) in [6.45, 7) is 0.684. The van der Waals surface area contributed by atoms with Gasteiger partial charge in [0.25, 0.3) is 0 Å². The molecule has 1 N–H and O–H groups in total. The summed E-state index contributed by atoms with van der Waals surface area (Å²) in [7, 11) is 1.30. The molecule has 31 heavy (non-hydrogen) atoms. The number of alkyl halides is 3. The summed E-state index contributed by atoms with van der Waals surface area (Å²) in [6.07, 6.45) is -0.472. The Bertz CT molecular complexity index is 1010. The zero-order chi connectivity index (χ0) is 22.6. The lowest BCUT2D eigenvalue weighted by Gasteiger charge is -2.27. The number of ether oxygens (including phenoxy) is 1. The number of nitrogens with one attached hydrogen (secondary N) is 1. The molecule has 10 heteroatoms. The van der Waals surface area contributed by atoms with Gasteiger partial charge in [-0.1, -0.05) is 17.7 Å². The van der Waals surface area contributed by atoms with Crippen molar-refractivity contribution in [1.82, 2.24) is 9.88 Å². The molecule has 6 nitrogen and oxygen atoms in total. The van der Waals surface area contributed by atoms with Gasteiger partial charge in [-0.15, -0.1) is 0 Å². The lowest BCUT2D eigenvalue weighted by molar-refractivity contribution is -0.140. The van der Waals surface area contributed by atoms with Crippen molar-refractivity contribution in [1.29, 1.82) is 0 Å². The van der Waals surface area contributed by atoms with Crippen LogP contribution in [0.5, 0.6) is 0 Å². The van der Waals surface area contributed by atoms with Crippen molar-refractivity contribution in [2.24, 2.45) is 0 Å². The van der Waals surface area contributed by atoms with Crippen LogP contribution in [0, 0.1) is 0 Å². The molecule has 1 aliphatic rings. The molecule has 0 fully saturated rings. The number of carbonyl (C=O) groups is 2. The van der Waals surface area contributed by atoms with Crippen LogP contribution in [0.25, 0.3) is 5.57 Å². The number of pyridine rings is 1. The number of carbonyl (C=O) groups excluding carboxylic acids is 2. The van der Waals surface area contributed by atoms with Gasteiger partial charge in [0.05, 0.1) is 29.8 Å². The van der Waals surface area contributed by atoms with E-state index in [1.165, 1.54) is 24.1 Å². The van der Waals surface area contributed by atoms with Crippen LogP contribution in [-0.4, -0.2) is 42.1 Å². The van der Waals surface area contributed by atoms with E-state index in [4.69, 9.17) is 11.6 Å². The lowest BCUT2D eigenvalue weighted by Crippen LogP contribution is -2.38. The van der Waals surface area contributed by atoms with Crippen molar-refractivity contribution in [3.63, 3.8) is 0 Å². The first-order valence-electron chi connectivity index (χ1n) is 9.31. The average molecular weight is 454 g/mol. The van der Waals surface area contributed by atoms with Gasteiger partial charge in [0.1, 0.15) is 0 Å². The van der Waals surface area contributed by atoms with E-state index >= 15 is 0 Å². The third kappa shape index (κ3) is 5.75. The van der Waals surface area contributed by atoms with Gasteiger partial charge in [-0.25, -0.2) is 4.79 Å². The number of rotatable bonds is 4. The molecule has 0 atom stereocenters. The van der Waals surface area contributed by atoms with Gasteiger partial charge in [-0.3, -0.25) is 9.78 Å². The molecule has 1 aromatic heterocycles. The van der Waals surface area contributed by atoms with Crippen molar-refractivity contribution in [3.05, 3.63) is 64.4 Å². The predicted molar refractivity (Wildman–Crippen MR) is 110 cm³/mol. The molecule has 3 rings (SSSR count). The highest BCUT2D eigenvalue weighted by Crippen LogP contribution is 2.30. The molecule has 0 saturated heterocycles. The quantitative estimate of drug-likeness (QED) is 0.676. The van der Waals surface area contributed by atoms with Gasteiger partial charge in [0, 0.05) is 25.0 Å². The van der Waals surface area contributed by atoms with Crippen molar-refractivity contribution in [2.45, 2.75) is 19.0 Å². The molecule has 0 spiro atoms. The van der Waals surface area contributed by atoms with Crippen LogP contribution in [0.1, 0.15) is 23.2 Å². The number of urea groups is 1. The minimum atomic E-state index is -4.43.